The van der Waals surface area contributed by atoms with Crippen molar-refractivity contribution >= 4 is 10.8 Å². The zero-order valence-electron chi connectivity index (χ0n) is 9.33. The van der Waals surface area contributed by atoms with E-state index in [1.165, 1.54) is 21.9 Å². The first-order valence-electron chi connectivity index (χ1n) is 5.44. The molecule has 0 saturated carbocycles. The maximum atomic E-state index is 5.78. The Labute approximate surface area is 90.9 Å². The van der Waals surface area contributed by atoms with E-state index in [1.54, 1.807) is 0 Å². The largest absolute Gasteiger partial charge is 0.326 e. The topological polar surface area (TPSA) is 26.0 Å². The Morgan fingerprint density at radius 3 is 2.53 bits per heavy atom. The smallest absolute Gasteiger partial charge is 0.0184 e. The van der Waals surface area contributed by atoms with Crippen LogP contribution in [0.1, 0.15) is 30.9 Å². The van der Waals surface area contributed by atoms with Crippen molar-refractivity contribution < 1.29 is 0 Å². The molecule has 2 aromatic rings. The van der Waals surface area contributed by atoms with Crippen LogP contribution in [0.3, 0.4) is 0 Å². The van der Waals surface area contributed by atoms with Crippen LogP contribution < -0.4 is 5.73 Å². The molecule has 0 aromatic heterocycles. The number of hydrogen-bond donors (Lipinski definition) is 1. The summed E-state index contributed by atoms with van der Waals surface area (Å²) in [7, 11) is 0. The van der Waals surface area contributed by atoms with Crippen LogP contribution in [-0.4, -0.2) is 0 Å². The van der Waals surface area contributed by atoms with Gasteiger partial charge in [0.05, 0.1) is 0 Å². The molecule has 0 unspecified atom stereocenters. The second-order valence-corrected chi connectivity index (χ2v) is 4.26. The second-order valence-electron chi connectivity index (χ2n) is 4.26. The van der Waals surface area contributed by atoms with Crippen LogP contribution in [-0.2, 0) is 6.54 Å². The molecule has 78 valence electrons. The van der Waals surface area contributed by atoms with Gasteiger partial charge in [-0.2, -0.15) is 0 Å². The highest BCUT2D eigenvalue weighted by Crippen LogP contribution is 2.24. The van der Waals surface area contributed by atoms with Crippen molar-refractivity contribution in [2.45, 2.75) is 26.3 Å². The van der Waals surface area contributed by atoms with Gasteiger partial charge in [0.25, 0.3) is 0 Å². The summed E-state index contributed by atoms with van der Waals surface area (Å²) in [4.78, 5) is 0. The maximum Gasteiger partial charge on any atom is 0.0184 e. The van der Waals surface area contributed by atoms with Gasteiger partial charge >= 0.3 is 0 Å². The molecule has 0 amide bonds. The molecule has 0 aliphatic carbocycles. The van der Waals surface area contributed by atoms with Crippen molar-refractivity contribution in [1.29, 1.82) is 0 Å². The molecule has 0 saturated heterocycles. The highest BCUT2D eigenvalue weighted by molar-refractivity contribution is 5.86. The number of fused-ring (bicyclic) bond motifs is 1. The standard InChI is InChI=1S/C14H17N/c1-10(2)12-7-11-5-3-4-6-14(11)13(8-12)9-15/h3-8,10H,9,15H2,1-2H3. The molecule has 0 radical (unpaired) electrons. The van der Waals surface area contributed by atoms with Crippen LogP contribution in [0.25, 0.3) is 10.8 Å². The highest BCUT2D eigenvalue weighted by atomic mass is 14.5. The zero-order valence-corrected chi connectivity index (χ0v) is 9.33. The molecule has 0 heterocycles. The molecule has 0 aliphatic heterocycles. The van der Waals surface area contributed by atoms with Crippen LogP contribution >= 0.6 is 0 Å². The molecule has 0 spiro atoms. The summed E-state index contributed by atoms with van der Waals surface area (Å²) in [6, 6.07) is 12.9. The molecule has 0 atom stereocenters. The summed E-state index contributed by atoms with van der Waals surface area (Å²) in [5, 5.41) is 2.58. The normalized spacial score (nSPS) is 11.2. The third-order valence-corrected chi connectivity index (χ3v) is 2.86. The van der Waals surface area contributed by atoms with Crippen molar-refractivity contribution in [2.75, 3.05) is 0 Å². The van der Waals surface area contributed by atoms with E-state index in [0.29, 0.717) is 12.5 Å². The van der Waals surface area contributed by atoms with Crippen LogP contribution in [0.15, 0.2) is 36.4 Å². The van der Waals surface area contributed by atoms with Gasteiger partial charge in [-0.25, -0.2) is 0 Å². The third-order valence-electron chi connectivity index (χ3n) is 2.86. The van der Waals surface area contributed by atoms with Gasteiger partial charge in [0.15, 0.2) is 0 Å². The molecule has 1 nitrogen and oxygen atoms in total. The average molecular weight is 199 g/mol. The van der Waals surface area contributed by atoms with Gasteiger partial charge in [-0.1, -0.05) is 50.2 Å². The van der Waals surface area contributed by atoms with Crippen molar-refractivity contribution in [3.8, 4) is 0 Å². The predicted octanol–water partition coefficient (Wildman–Crippen LogP) is 3.42. The molecule has 2 aromatic carbocycles. The number of rotatable bonds is 2. The maximum absolute atomic E-state index is 5.78. The van der Waals surface area contributed by atoms with Crippen molar-refractivity contribution in [3.05, 3.63) is 47.5 Å². The van der Waals surface area contributed by atoms with Gasteiger partial charge in [0, 0.05) is 6.54 Å². The summed E-state index contributed by atoms with van der Waals surface area (Å²) in [6.45, 7) is 5.04. The van der Waals surface area contributed by atoms with E-state index in [2.05, 4.69) is 50.2 Å². The van der Waals surface area contributed by atoms with E-state index in [4.69, 9.17) is 5.73 Å². The molecular weight excluding hydrogens is 182 g/mol. The summed E-state index contributed by atoms with van der Waals surface area (Å²) in [5.41, 5.74) is 8.40. The van der Waals surface area contributed by atoms with Gasteiger partial charge in [-0.15, -0.1) is 0 Å². The Kier molecular flexibility index (Phi) is 2.74. The number of benzene rings is 2. The summed E-state index contributed by atoms with van der Waals surface area (Å²) in [5.74, 6) is 0.555. The second kappa shape index (κ2) is 4.03. The Bertz CT molecular complexity index is 472. The van der Waals surface area contributed by atoms with E-state index in [-0.39, 0.29) is 0 Å². The summed E-state index contributed by atoms with van der Waals surface area (Å²) >= 11 is 0. The molecule has 0 aliphatic rings. The zero-order chi connectivity index (χ0) is 10.8. The van der Waals surface area contributed by atoms with Gasteiger partial charge in [0.2, 0.25) is 0 Å². The SMILES string of the molecule is CC(C)c1cc(CN)c2ccccc2c1. The Balaban J connectivity index is 2.71. The lowest BCUT2D eigenvalue weighted by Gasteiger charge is -2.11. The lowest BCUT2D eigenvalue weighted by atomic mass is 9.95. The third kappa shape index (κ3) is 1.88. The van der Waals surface area contributed by atoms with Crippen molar-refractivity contribution in [2.24, 2.45) is 5.73 Å². The van der Waals surface area contributed by atoms with E-state index < -0.39 is 0 Å². The summed E-state index contributed by atoms with van der Waals surface area (Å²) < 4.78 is 0. The first kappa shape index (κ1) is 10.2. The number of hydrogen-bond acceptors (Lipinski definition) is 1. The minimum atomic E-state index is 0.555. The molecule has 0 fully saturated rings. The number of nitrogens with two attached hydrogens (primary N) is 1. The van der Waals surface area contributed by atoms with Crippen molar-refractivity contribution in [1.82, 2.24) is 0 Å². The fourth-order valence-corrected chi connectivity index (χ4v) is 1.92. The lowest BCUT2D eigenvalue weighted by Crippen LogP contribution is -1.99. The minimum Gasteiger partial charge on any atom is -0.326 e. The van der Waals surface area contributed by atoms with E-state index in [1.807, 2.05) is 0 Å². The minimum absolute atomic E-state index is 0.555. The Morgan fingerprint density at radius 1 is 1.13 bits per heavy atom. The quantitative estimate of drug-likeness (QED) is 0.788. The fourth-order valence-electron chi connectivity index (χ4n) is 1.92. The van der Waals surface area contributed by atoms with E-state index >= 15 is 0 Å². The highest BCUT2D eigenvalue weighted by Gasteiger charge is 2.04. The van der Waals surface area contributed by atoms with E-state index in [9.17, 15) is 0 Å². The molecule has 2 N–H and O–H groups in total. The molecule has 1 heteroatoms. The van der Waals surface area contributed by atoms with Crippen LogP contribution in [0.4, 0.5) is 0 Å². The van der Waals surface area contributed by atoms with Crippen LogP contribution in [0.5, 0.6) is 0 Å². The Morgan fingerprint density at radius 2 is 1.87 bits per heavy atom. The van der Waals surface area contributed by atoms with Gasteiger partial charge in [0.1, 0.15) is 0 Å². The average Bonchev–Trinajstić information content (AvgIpc) is 2.27. The first-order chi connectivity index (χ1) is 7.22. The van der Waals surface area contributed by atoms with Gasteiger partial charge < -0.3 is 5.73 Å². The first-order valence-corrected chi connectivity index (χ1v) is 5.44. The van der Waals surface area contributed by atoms with Gasteiger partial charge in [-0.05, 0) is 27.8 Å². The Hall–Kier alpha value is -1.34. The van der Waals surface area contributed by atoms with Gasteiger partial charge in [-0.3, -0.25) is 0 Å². The molecule has 15 heavy (non-hydrogen) atoms. The molecule has 0 bridgehead atoms. The van der Waals surface area contributed by atoms with E-state index in [0.717, 1.165) is 0 Å². The molecular formula is C14H17N. The monoisotopic (exact) mass is 199 g/mol. The summed E-state index contributed by atoms with van der Waals surface area (Å²) in [6.07, 6.45) is 0. The van der Waals surface area contributed by atoms with Crippen molar-refractivity contribution in [3.63, 3.8) is 0 Å². The lowest BCUT2D eigenvalue weighted by molar-refractivity contribution is 0.864. The fraction of sp³-hybridized carbons (Fsp3) is 0.286. The predicted molar refractivity (Wildman–Crippen MR) is 65.9 cm³/mol. The van der Waals surface area contributed by atoms with Crippen LogP contribution in [0, 0.1) is 0 Å². The molecule has 2 rings (SSSR count). The van der Waals surface area contributed by atoms with Crippen LogP contribution in [0.2, 0.25) is 0 Å².